The number of benzene rings is 2. The Balaban J connectivity index is 1.73. The zero-order valence-corrected chi connectivity index (χ0v) is 16.5. The maximum atomic E-state index is 9.28. The molecule has 0 saturated carbocycles. The summed E-state index contributed by atoms with van der Waals surface area (Å²) in [5.41, 5.74) is 5.65. The van der Waals surface area contributed by atoms with Gasteiger partial charge in [0.05, 0.1) is 11.2 Å². The monoisotopic (exact) mass is 377 g/mol. The molecule has 1 aliphatic heterocycles. The lowest BCUT2D eigenvalue weighted by molar-refractivity contribution is 0.265. The van der Waals surface area contributed by atoms with E-state index in [9.17, 15) is 5.11 Å². The average Bonchev–Trinajstić information content (AvgIpc) is 2.66. The standard InChI is InChI=1S/C22H23N3OS/c1-15-4-7-19(8-5-15)23-22-25(10-3-11-26)14-18-13-17-12-16(2)6-9-20(17)24-21(18)27-22/h4-9,12-13,26H,3,10-11,14H2,1-2H3. The molecule has 0 amide bonds. The molecule has 27 heavy (non-hydrogen) atoms. The van der Waals surface area contributed by atoms with Crippen LogP contribution in [0.2, 0.25) is 0 Å². The van der Waals surface area contributed by atoms with Crippen LogP contribution in [0.25, 0.3) is 10.9 Å². The van der Waals surface area contributed by atoms with Crippen LogP contribution in [0.15, 0.2) is 58.5 Å². The molecule has 2 aromatic carbocycles. The van der Waals surface area contributed by atoms with E-state index in [1.807, 2.05) is 12.1 Å². The van der Waals surface area contributed by atoms with Gasteiger partial charge in [-0.15, -0.1) is 0 Å². The third-order valence-electron chi connectivity index (χ3n) is 4.67. The molecule has 0 fully saturated rings. The highest BCUT2D eigenvalue weighted by molar-refractivity contribution is 8.13. The third-order valence-corrected chi connectivity index (χ3v) is 5.75. The number of hydrogen-bond acceptors (Lipinski definition) is 4. The molecule has 0 saturated heterocycles. The molecule has 0 bridgehead atoms. The van der Waals surface area contributed by atoms with Gasteiger partial charge >= 0.3 is 0 Å². The Morgan fingerprint density at radius 2 is 1.85 bits per heavy atom. The summed E-state index contributed by atoms with van der Waals surface area (Å²) < 4.78 is 0. The molecule has 0 aliphatic carbocycles. The molecule has 0 spiro atoms. The van der Waals surface area contributed by atoms with E-state index in [0.29, 0.717) is 0 Å². The highest BCUT2D eigenvalue weighted by Crippen LogP contribution is 2.34. The van der Waals surface area contributed by atoms with E-state index in [0.717, 1.165) is 40.9 Å². The summed E-state index contributed by atoms with van der Waals surface area (Å²) in [6.45, 7) is 5.91. The summed E-state index contributed by atoms with van der Waals surface area (Å²) in [5, 5.41) is 12.4. The minimum absolute atomic E-state index is 0.182. The number of hydrogen-bond donors (Lipinski definition) is 1. The first-order chi connectivity index (χ1) is 13.1. The lowest BCUT2D eigenvalue weighted by Crippen LogP contribution is -2.33. The summed E-state index contributed by atoms with van der Waals surface area (Å²) in [4.78, 5) is 12.0. The van der Waals surface area contributed by atoms with Crippen LogP contribution in [0.4, 0.5) is 5.69 Å². The number of nitrogens with zero attached hydrogens (tertiary/aromatic N) is 3. The van der Waals surface area contributed by atoms with Gasteiger partial charge in [0.1, 0.15) is 5.03 Å². The number of aliphatic hydroxyl groups is 1. The Bertz CT molecular complexity index is 998. The highest BCUT2D eigenvalue weighted by atomic mass is 32.2. The molecule has 2 heterocycles. The maximum Gasteiger partial charge on any atom is 0.171 e. The van der Waals surface area contributed by atoms with Crippen molar-refractivity contribution in [2.24, 2.45) is 4.99 Å². The molecule has 4 nitrogen and oxygen atoms in total. The maximum absolute atomic E-state index is 9.28. The largest absolute Gasteiger partial charge is 0.396 e. The SMILES string of the molecule is Cc1ccc(N=C2Sc3nc4ccc(C)cc4cc3CN2CCCO)cc1. The summed E-state index contributed by atoms with van der Waals surface area (Å²) in [6, 6.07) is 16.8. The van der Waals surface area contributed by atoms with Gasteiger partial charge in [-0.3, -0.25) is 0 Å². The van der Waals surface area contributed by atoms with Crippen molar-refractivity contribution in [1.82, 2.24) is 9.88 Å². The number of pyridine rings is 1. The minimum atomic E-state index is 0.182. The Morgan fingerprint density at radius 1 is 1.07 bits per heavy atom. The van der Waals surface area contributed by atoms with Crippen molar-refractivity contribution in [1.29, 1.82) is 0 Å². The number of aliphatic hydroxyl groups excluding tert-OH is 1. The fourth-order valence-corrected chi connectivity index (χ4v) is 4.21. The Morgan fingerprint density at radius 3 is 2.63 bits per heavy atom. The molecule has 1 aliphatic rings. The van der Waals surface area contributed by atoms with E-state index < -0.39 is 0 Å². The van der Waals surface area contributed by atoms with Crippen molar-refractivity contribution >= 4 is 33.5 Å². The Labute approximate surface area is 164 Å². The molecule has 3 aromatic rings. The number of aryl methyl sites for hydroxylation is 2. The van der Waals surface area contributed by atoms with E-state index in [4.69, 9.17) is 9.98 Å². The molecule has 4 rings (SSSR count). The highest BCUT2D eigenvalue weighted by Gasteiger charge is 2.24. The summed E-state index contributed by atoms with van der Waals surface area (Å²) >= 11 is 1.62. The van der Waals surface area contributed by atoms with Crippen molar-refractivity contribution < 1.29 is 5.11 Å². The lowest BCUT2D eigenvalue weighted by atomic mass is 10.1. The van der Waals surface area contributed by atoms with E-state index in [1.165, 1.54) is 22.1 Å². The van der Waals surface area contributed by atoms with Crippen LogP contribution >= 0.6 is 11.8 Å². The number of thioether (sulfide) groups is 1. The van der Waals surface area contributed by atoms with Crippen LogP contribution in [0.1, 0.15) is 23.1 Å². The second-order valence-electron chi connectivity index (χ2n) is 6.98. The molecule has 1 aromatic heterocycles. The first-order valence-corrected chi connectivity index (χ1v) is 10.0. The first kappa shape index (κ1) is 18.0. The Hall–Kier alpha value is -2.37. The first-order valence-electron chi connectivity index (χ1n) is 9.22. The van der Waals surface area contributed by atoms with Crippen molar-refractivity contribution in [3.8, 4) is 0 Å². The van der Waals surface area contributed by atoms with Crippen LogP contribution in [0.5, 0.6) is 0 Å². The van der Waals surface area contributed by atoms with Crippen molar-refractivity contribution in [2.75, 3.05) is 13.2 Å². The van der Waals surface area contributed by atoms with Gasteiger partial charge in [-0.05, 0) is 62.4 Å². The van der Waals surface area contributed by atoms with Gasteiger partial charge in [0, 0.05) is 30.6 Å². The van der Waals surface area contributed by atoms with Gasteiger partial charge in [-0.2, -0.15) is 0 Å². The number of rotatable bonds is 4. The molecule has 5 heteroatoms. The van der Waals surface area contributed by atoms with Gasteiger partial charge in [0.2, 0.25) is 0 Å². The molecular formula is C22H23N3OS. The number of fused-ring (bicyclic) bond motifs is 2. The number of aliphatic imine (C=N–C) groups is 1. The molecule has 1 N–H and O–H groups in total. The van der Waals surface area contributed by atoms with Crippen molar-refractivity contribution in [2.45, 2.75) is 31.8 Å². The lowest BCUT2D eigenvalue weighted by Gasteiger charge is -2.30. The van der Waals surface area contributed by atoms with E-state index in [2.05, 4.69) is 55.1 Å². The summed E-state index contributed by atoms with van der Waals surface area (Å²) in [6.07, 6.45) is 0.725. The van der Waals surface area contributed by atoms with Crippen molar-refractivity contribution in [3.05, 3.63) is 65.2 Å². The number of aromatic nitrogens is 1. The normalized spacial score (nSPS) is 15.4. The molecule has 0 atom stereocenters. The third kappa shape index (κ3) is 3.99. The molecule has 0 radical (unpaired) electrons. The van der Waals surface area contributed by atoms with Gasteiger partial charge in [0.15, 0.2) is 5.17 Å². The summed E-state index contributed by atoms with van der Waals surface area (Å²) in [5.74, 6) is 0. The molecular weight excluding hydrogens is 354 g/mol. The van der Waals surface area contributed by atoms with Crippen LogP contribution in [0.3, 0.4) is 0 Å². The topological polar surface area (TPSA) is 48.7 Å². The van der Waals surface area contributed by atoms with Crippen LogP contribution in [-0.2, 0) is 6.54 Å². The smallest absolute Gasteiger partial charge is 0.171 e. The van der Waals surface area contributed by atoms with Crippen molar-refractivity contribution in [3.63, 3.8) is 0 Å². The van der Waals surface area contributed by atoms with E-state index >= 15 is 0 Å². The molecule has 0 unspecified atom stereocenters. The zero-order chi connectivity index (χ0) is 18.8. The predicted octanol–water partition coefficient (Wildman–Crippen LogP) is 4.83. The Kier molecular flexibility index (Phi) is 5.14. The number of amidine groups is 1. The fourth-order valence-electron chi connectivity index (χ4n) is 3.21. The fraction of sp³-hybridized carbons (Fsp3) is 0.273. The minimum Gasteiger partial charge on any atom is -0.396 e. The van der Waals surface area contributed by atoms with Gasteiger partial charge < -0.3 is 10.0 Å². The average molecular weight is 378 g/mol. The second kappa shape index (κ2) is 7.71. The molecule has 138 valence electrons. The second-order valence-corrected chi connectivity index (χ2v) is 7.94. The summed E-state index contributed by atoms with van der Waals surface area (Å²) in [7, 11) is 0. The van der Waals surface area contributed by atoms with E-state index in [1.54, 1.807) is 11.8 Å². The van der Waals surface area contributed by atoms with Crippen LogP contribution in [-0.4, -0.2) is 33.3 Å². The van der Waals surface area contributed by atoms with Gasteiger partial charge in [-0.1, -0.05) is 29.3 Å². The quantitative estimate of drug-likeness (QED) is 0.707. The van der Waals surface area contributed by atoms with Crippen LogP contribution < -0.4 is 0 Å². The zero-order valence-electron chi connectivity index (χ0n) is 15.6. The van der Waals surface area contributed by atoms with Gasteiger partial charge in [-0.25, -0.2) is 9.98 Å². The van der Waals surface area contributed by atoms with Crippen LogP contribution in [0, 0.1) is 13.8 Å². The predicted molar refractivity (Wildman–Crippen MR) is 113 cm³/mol. The van der Waals surface area contributed by atoms with E-state index in [-0.39, 0.29) is 6.61 Å². The van der Waals surface area contributed by atoms with Gasteiger partial charge in [0.25, 0.3) is 0 Å².